The summed E-state index contributed by atoms with van der Waals surface area (Å²) in [5.74, 6) is 0.0567. The van der Waals surface area contributed by atoms with Crippen LogP contribution in [0.25, 0.3) is 0 Å². The number of ether oxygens (including phenoxy) is 1. The lowest BCUT2D eigenvalue weighted by molar-refractivity contribution is -0.123. The lowest BCUT2D eigenvalue weighted by atomic mass is 10.1. The molecule has 4 nitrogen and oxygen atoms in total. The highest BCUT2D eigenvalue weighted by atomic mass is 16.5. The zero-order valence-electron chi connectivity index (χ0n) is 10.1. The van der Waals surface area contributed by atoms with Gasteiger partial charge in [-0.1, -0.05) is 0 Å². The number of nitrogens with zero attached hydrogens (tertiary/aromatic N) is 1. The van der Waals surface area contributed by atoms with Crippen molar-refractivity contribution in [2.24, 2.45) is 0 Å². The number of carbonyl (C=O) groups is 1. The average molecular weight is 234 g/mol. The van der Waals surface area contributed by atoms with Crippen LogP contribution in [0.1, 0.15) is 37.8 Å². The molecule has 1 fully saturated rings. The van der Waals surface area contributed by atoms with E-state index in [1.165, 1.54) is 0 Å². The Bertz CT molecular complexity index is 361. The zero-order chi connectivity index (χ0) is 12.1. The first-order valence-corrected chi connectivity index (χ1v) is 6.06. The van der Waals surface area contributed by atoms with Gasteiger partial charge in [0, 0.05) is 19.0 Å². The van der Waals surface area contributed by atoms with Crippen molar-refractivity contribution in [3.05, 3.63) is 30.1 Å². The van der Waals surface area contributed by atoms with Crippen LogP contribution >= 0.6 is 0 Å². The summed E-state index contributed by atoms with van der Waals surface area (Å²) >= 11 is 0. The fourth-order valence-corrected chi connectivity index (χ4v) is 2.05. The molecule has 92 valence electrons. The van der Waals surface area contributed by atoms with E-state index in [0.29, 0.717) is 6.42 Å². The molecule has 1 amide bonds. The SMILES string of the molecule is CC(NC(=O)CC1CCCO1)c1ccncc1. The first-order valence-electron chi connectivity index (χ1n) is 6.06. The second-order valence-electron chi connectivity index (χ2n) is 4.41. The number of carbonyl (C=O) groups excluding carboxylic acids is 1. The van der Waals surface area contributed by atoms with Crippen molar-refractivity contribution in [2.45, 2.75) is 38.3 Å². The van der Waals surface area contributed by atoms with Crippen LogP contribution in [-0.4, -0.2) is 23.6 Å². The molecule has 0 aliphatic carbocycles. The van der Waals surface area contributed by atoms with Crippen LogP contribution in [0.4, 0.5) is 0 Å². The van der Waals surface area contributed by atoms with Crippen LogP contribution in [0.15, 0.2) is 24.5 Å². The molecule has 1 saturated heterocycles. The average Bonchev–Trinajstić information content (AvgIpc) is 2.82. The molecule has 2 rings (SSSR count). The molecule has 1 aromatic heterocycles. The smallest absolute Gasteiger partial charge is 0.223 e. The second-order valence-corrected chi connectivity index (χ2v) is 4.41. The molecule has 1 aromatic rings. The Balaban J connectivity index is 1.81. The quantitative estimate of drug-likeness (QED) is 0.864. The van der Waals surface area contributed by atoms with Crippen molar-refractivity contribution in [1.29, 1.82) is 0 Å². The molecule has 17 heavy (non-hydrogen) atoms. The molecule has 0 bridgehead atoms. The van der Waals surface area contributed by atoms with E-state index in [4.69, 9.17) is 4.74 Å². The van der Waals surface area contributed by atoms with Gasteiger partial charge in [0.15, 0.2) is 0 Å². The molecule has 1 aliphatic rings. The molecule has 1 aliphatic heterocycles. The lowest BCUT2D eigenvalue weighted by Gasteiger charge is -2.15. The van der Waals surface area contributed by atoms with Crippen LogP contribution < -0.4 is 5.32 Å². The van der Waals surface area contributed by atoms with Gasteiger partial charge in [-0.25, -0.2) is 0 Å². The summed E-state index contributed by atoms with van der Waals surface area (Å²) in [4.78, 5) is 15.7. The largest absolute Gasteiger partial charge is 0.378 e. The summed E-state index contributed by atoms with van der Waals surface area (Å²) in [5, 5.41) is 2.98. The molecular formula is C13H18N2O2. The van der Waals surface area contributed by atoms with Crippen LogP contribution in [-0.2, 0) is 9.53 Å². The van der Waals surface area contributed by atoms with Crippen molar-refractivity contribution in [3.63, 3.8) is 0 Å². The van der Waals surface area contributed by atoms with Gasteiger partial charge < -0.3 is 10.1 Å². The van der Waals surface area contributed by atoms with E-state index in [9.17, 15) is 4.79 Å². The Labute approximate surface area is 101 Å². The third kappa shape index (κ3) is 3.53. The summed E-state index contributed by atoms with van der Waals surface area (Å²) in [6.45, 7) is 2.76. The van der Waals surface area contributed by atoms with Gasteiger partial charge in [0.1, 0.15) is 0 Å². The van der Waals surface area contributed by atoms with Crippen molar-refractivity contribution in [1.82, 2.24) is 10.3 Å². The van der Waals surface area contributed by atoms with E-state index < -0.39 is 0 Å². The molecule has 2 atom stereocenters. The zero-order valence-corrected chi connectivity index (χ0v) is 10.1. The Morgan fingerprint density at radius 2 is 2.35 bits per heavy atom. The summed E-state index contributed by atoms with van der Waals surface area (Å²) in [5.41, 5.74) is 1.07. The van der Waals surface area contributed by atoms with Crippen molar-refractivity contribution in [3.8, 4) is 0 Å². The number of pyridine rings is 1. The van der Waals surface area contributed by atoms with Crippen molar-refractivity contribution >= 4 is 5.91 Å². The Kier molecular flexibility index (Phi) is 4.09. The number of aromatic nitrogens is 1. The predicted molar refractivity (Wildman–Crippen MR) is 64.4 cm³/mol. The van der Waals surface area contributed by atoms with Gasteiger partial charge >= 0.3 is 0 Å². The number of hydrogen-bond acceptors (Lipinski definition) is 3. The molecule has 2 unspecified atom stereocenters. The van der Waals surface area contributed by atoms with E-state index in [1.807, 2.05) is 19.1 Å². The van der Waals surface area contributed by atoms with E-state index in [0.717, 1.165) is 25.0 Å². The summed E-state index contributed by atoms with van der Waals surface area (Å²) in [6, 6.07) is 3.85. The molecular weight excluding hydrogens is 216 g/mol. The van der Waals surface area contributed by atoms with E-state index in [2.05, 4.69) is 10.3 Å². The fraction of sp³-hybridized carbons (Fsp3) is 0.538. The Morgan fingerprint density at radius 1 is 1.59 bits per heavy atom. The maximum Gasteiger partial charge on any atom is 0.223 e. The second kappa shape index (κ2) is 5.77. The predicted octanol–water partition coefficient (Wildman–Crippen LogP) is 1.83. The van der Waals surface area contributed by atoms with Gasteiger partial charge in [-0.3, -0.25) is 9.78 Å². The summed E-state index contributed by atoms with van der Waals surface area (Å²) in [7, 11) is 0. The summed E-state index contributed by atoms with van der Waals surface area (Å²) in [6.07, 6.45) is 6.11. The van der Waals surface area contributed by atoms with E-state index in [-0.39, 0.29) is 18.1 Å². The van der Waals surface area contributed by atoms with Crippen molar-refractivity contribution < 1.29 is 9.53 Å². The molecule has 1 N–H and O–H groups in total. The highest BCUT2D eigenvalue weighted by molar-refractivity contribution is 5.76. The van der Waals surface area contributed by atoms with Gasteiger partial charge in [-0.05, 0) is 37.5 Å². The van der Waals surface area contributed by atoms with Crippen LogP contribution in [0.3, 0.4) is 0 Å². The molecule has 4 heteroatoms. The normalized spacial score (nSPS) is 21.1. The number of rotatable bonds is 4. The lowest BCUT2D eigenvalue weighted by Crippen LogP contribution is -2.29. The first kappa shape index (κ1) is 12.0. The minimum absolute atomic E-state index is 0.0203. The minimum Gasteiger partial charge on any atom is -0.378 e. The van der Waals surface area contributed by atoms with Gasteiger partial charge in [0.2, 0.25) is 5.91 Å². The first-order chi connectivity index (χ1) is 8.25. The maximum atomic E-state index is 11.8. The third-order valence-corrected chi connectivity index (χ3v) is 3.02. The van der Waals surface area contributed by atoms with Crippen molar-refractivity contribution in [2.75, 3.05) is 6.61 Å². The standard InChI is InChI=1S/C13H18N2O2/c1-10(11-4-6-14-7-5-11)15-13(16)9-12-3-2-8-17-12/h4-7,10,12H,2-3,8-9H2,1H3,(H,15,16). The minimum atomic E-state index is 0.0203. The number of nitrogens with one attached hydrogen (secondary N) is 1. The third-order valence-electron chi connectivity index (χ3n) is 3.02. The fourth-order valence-electron chi connectivity index (χ4n) is 2.05. The highest BCUT2D eigenvalue weighted by Crippen LogP contribution is 2.16. The highest BCUT2D eigenvalue weighted by Gasteiger charge is 2.20. The van der Waals surface area contributed by atoms with Crippen LogP contribution in [0.5, 0.6) is 0 Å². The maximum absolute atomic E-state index is 11.8. The molecule has 0 saturated carbocycles. The molecule has 0 radical (unpaired) electrons. The number of amides is 1. The Hall–Kier alpha value is -1.42. The van der Waals surface area contributed by atoms with Gasteiger partial charge in [0.05, 0.1) is 18.6 Å². The monoisotopic (exact) mass is 234 g/mol. The summed E-state index contributed by atoms with van der Waals surface area (Å²) < 4.78 is 5.44. The van der Waals surface area contributed by atoms with Gasteiger partial charge in [-0.15, -0.1) is 0 Å². The molecule has 0 aromatic carbocycles. The van der Waals surface area contributed by atoms with Gasteiger partial charge in [-0.2, -0.15) is 0 Å². The van der Waals surface area contributed by atoms with Crippen LogP contribution in [0, 0.1) is 0 Å². The van der Waals surface area contributed by atoms with E-state index >= 15 is 0 Å². The van der Waals surface area contributed by atoms with E-state index in [1.54, 1.807) is 12.4 Å². The Morgan fingerprint density at radius 3 is 3.00 bits per heavy atom. The van der Waals surface area contributed by atoms with Crippen LogP contribution in [0.2, 0.25) is 0 Å². The van der Waals surface area contributed by atoms with Gasteiger partial charge in [0.25, 0.3) is 0 Å². The topological polar surface area (TPSA) is 51.2 Å². The molecule has 2 heterocycles. The number of hydrogen-bond donors (Lipinski definition) is 1. The molecule has 0 spiro atoms.